The first-order valence-corrected chi connectivity index (χ1v) is 8.16. The van der Waals surface area contributed by atoms with Gasteiger partial charge in [-0.3, -0.25) is 9.89 Å². The molecule has 1 unspecified atom stereocenters. The van der Waals surface area contributed by atoms with E-state index in [1.165, 1.54) is 6.07 Å². The van der Waals surface area contributed by atoms with E-state index in [4.69, 9.17) is 0 Å². The van der Waals surface area contributed by atoms with E-state index in [0.29, 0.717) is 24.1 Å². The Bertz CT molecular complexity index is 531. The lowest BCUT2D eigenvalue weighted by molar-refractivity contribution is -0.137. The fourth-order valence-corrected chi connectivity index (χ4v) is 2.48. The van der Waals surface area contributed by atoms with Crippen LogP contribution in [-0.2, 0) is 12.7 Å². The normalized spacial score (nSPS) is 13.4. The second kappa shape index (κ2) is 11.6. The van der Waals surface area contributed by atoms with E-state index in [2.05, 4.69) is 41.3 Å². The molecule has 0 bridgehead atoms. The first kappa shape index (κ1) is 24.0. The second-order valence-corrected chi connectivity index (χ2v) is 5.58. The Morgan fingerprint density at radius 3 is 2.36 bits per heavy atom. The van der Waals surface area contributed by atoms with Gasteiger partial charge in [-0.2, -0.15) is 13.2 Å². The average Bonchev–Trinajstić information content (AvgIpc) is 2.55. The van der Waals surface area contributed by atoms with E-state index >= 15 is 0 Å². The first-order chi connectivity index (χ1) is 11.3. The average molecular weight is 472 g/mol. The number of benzene rings is 1. The molecule has 2 N–H and O–H groups in total. The van der Waals surface area contributed by atoms with Crippen LogP contribution in [0.25, 0.3) is 0 Å². The van der Waals surface area contributed by atoms with Crippen molar-refractivity contribution in [2.24, 2.45) is 4.99 Å². The lowest BCUT2D eigenvalue weighted by Crippen LogP contribution is -2.45. The third kappa shape index (κ3) is 8.26. The topological polar surface area (TPSA) is 39.7 Å². The maximum Gasteiger partial charge on any atom is 0.416 e. The summed E-state index contributed by atoms with van der Waals surface area (Å²) in [4.78, 5) is 6.42. The zero-order valence-corrected chi connectivity index (χ0v) is 17.5. The summed E-state index contributed by atoms with van der Waals surface area (Å²) in [6.45, 7) is 9.28. The van der Waals surface area contributed by atoms with Crippen molar-refractivity contribution in [3.63, 3.8) is 0 Å². The maximum atomic E-state index is 12.7. The van der Waals surface area contributed by atoms with E-state index in [1.807, 2.05) is 0 Å². The Labute approximate surface area is 165 Å². The number of rotatable bonds is 7. The van der Waals surface area contributed by atoms with Crippen molar-refractivity contribution in [2.45, 2.75) is 39.5 Å². The van der Waals surface area contributed by atoms with Crippen LogP contribution < -0.4 is 10.6 Å². The molecule has 4 nitrogen and oxygen atoms in total. The van der Waals surface area contributed by atoms with E-state index in [-0.39, 0.29) is 30.5 Å². The van der Waals surface area contributed by atoms with E-state index in [9.17, 15) is 13.2 Å². The van der Waals surface area contributed by atoms with E-state index in [0.717, 1.165) is 25.2 Å². The van der Waals surface area contributed by atoms with Crippen molar-refractivity contribution in [3.05, 3.63) is 35.4 Å². The Balaban J connectivity index is 0.00000576. The smallest absolute Gasteiger partial charge is 0.355 e. The highest BCUT2D eigenvalue weighted by Gasteiger charge is 2.30. The number of likely N-dealkylation sites (N-methyl/N-ethyl adjacent to an activating group) is 1. The second-order valence-electron chi connectivity index (χ2n) is 5.58. The van der Waals surface area contributed by atoms with Crippen LogP contribution in [0.5, 0.6) is 0 Å². The number of aliphatic imine (C=N–C) groups is 1. The van der Waals surface area contributed by atoms with Crippen LogP contribution in [0.1, 0.15) is 31.9 Å². The first-order valence-electron chi connectivity index (χ1n) is 8.16. The van der Waals surface area contributed by atoms with Gasteiger partial charge in [-0.15, -0.1) is 24.0 Å². The van der Waals surface area contributed by atoms with Crippen LogP contribution in [0.15, 0.2) is 29.3 Å². The molecular weight excluding hydrogens is 444 g/mol. The Hall–Kier alpha value is -1.03. The minimum absolute atomic E-state index is 0. The zero-order chi connectivity index (χ0) is 18.2. The number of nitrogens with zero attached hydrogens (tertiary/aromatic N) is 2. The molecule has 0 fully saturated rings. The number of hydrogen-bond acceptors (Lipinski definition) is 2. The number of guanidine groups is 1. The third-order valence-corrected chi connectivity index (χ3v) is 3.94. The van der Waals surface area contributed by atoms with Crippen LogP contribution in [0.3, 0.4) is 0 Å². The summed E-state index contributed by atoms with van der Waals surface area (Å²) in [6, 6.07) is 5.64. The Morgan fingerprint density at radius 1 is 1.20 bits per heavy atom. The lowest BCUT2D eigenvalue weighted by atomic mass is 10.1. The highest BCUT2D eigenvalue weighted by Crippen LogP contribution is 2.29. The van der Waals surface area contributed by atoms with Crippen molar-refractivity contribution in [1.29, 1.82) is 0 Å². The third-order valence-electron chi connectivity index (χ3n) is 3.94. The monoisotopic (exact) mass is 472 g/mol. The predicted octanol–water partition coefficient (Wildman–Crippen LogP) is 3.72. The van der Waals surface area contributed by atoms with Gasteiger partial charge in [0.05, 0.1) is 5.56 Å². The van der Waals surface area contributed by atoms with Crippen LogP contribution >= 0.6 is 24.0 Å². The molecule has 0 spiro atoms. The Kier molecular flexibility index (Phi) is 11.1. The van der Waals surface area contributed by atoms with Crippen LogP contribution in [-0.4, -0.2) is 43.6 Å². The molecule has 0 amide bonds. The fourth-order valence-electron chi connectivity index (χ4n) is 2.48. The zero-order valence-electron chi connectivity index (χ0n) is 15.2. The maximum absolute atomic E-state index is 12.7. The summed E-state index contributed by atoms with van der Waals surface area (Å²) in [5, 5.41) is 6.26. The highest BCUT2D eigenvalue weighted by atomic mass is 127. The molecule has 0 saturated carbocycles. The van der Waals surface area contributed by atoms with Gasteiger partial charge in [0.25, 0.3) is 0 Å². The van der Waals surface area contributed by atoms with Gasteiger partial charge < -0.3 is 10.6 Å². The lowest BCUT2D eigenvalue weighted by Gasteiger charge is -2.27. The summed E-state index contributed by atoms with van der Waals surface area (Å²) in [5.74, 6) is 0.575. The summed E-state index contributed by atoms with van der Waals surface area (Å²) in [5.41, 5.74) is -0.0792. The molecule has 1 aromatic carbocycles. The van der Waals surface area contributed by atoms with Gasteiger partial charge in [0.1, 0.15) is 0 Å². The van der Waals surface area contributed by atoms with Gasteiger partial charge >= 0.3 is 6.18 Å². The number of alkyl halides is 3. The largest absolute Gasteiger partial charge is 0.416 e. The molecule has 0 radical (unpaired) electrons. The molecule has 0 saturated heterocycles. The van der Waals surface area contributed by atoms with Gasteiger partial charge in [-0.25, -0.2) is 0 Å². The summed E-state index contributed by atoms with van der Waals surface area (Å²) < 4.78 is 38.2. The molecule has 8 heteroatoms. The van der Waals surface area contributed by atoms with Gasteiger partial charge in [-0.05, 0) is 37.7 Å². The van der Waals surface area contributed by atoms with Crippen LogP contribution in [0.4, 0.5) is 13.2 Å². The molecule has 0 aliphatic carbocycles. The van der Waals surface area contributed by atoms with Crippen LogP contribution in [0.2, 0.25) is 0 Å². The van der Waals surface area contributed by atoms with Gasteiger partial charge in [0.15, 0.2) is 5.96 Å². The Morgan fingerprint density at radius 2 is 1.84 bits per heavy atom. The number of hydrogen-bond donors (Lipinski definition) is 2. The van der Waals surface area contributed by atoms with Crippen molar-refractivity contribution in [3.8, 4) is 0 Å². The molecule has 1 atom stereocenters. The van der Waals surface area contributed by atoms with Crippen molar-refractivity contribution in [1.82, 2.24) is 15.5 Å². The number of nitrogens with one attached hydrogen (secondary N) is 2. The molecule has 0 aliphatic rings. The fraction of sp³-hybridized carbons (Fsp3) is 0.588. The van der Waals surface area contributed by atoms with Gasteiger partial charge in [0, 0.05) is 26.2 Å². The molecule has 1 aromatic rings. The number of halogens is 4. The minimum atomic E-state index is -4.32. The predicted molar refractivity (Wildman–Crippen MR) is 107 cm³/mol. The molecule has 0 aromatic heterocycles. The molecule has 25 heavy (non-hydrogen) atoms. The molecule has 1 rings (SSSR count). The molecule has 0 heterocycles. The molecule has 144 valence electrons. The van der Waals surface area contributed by atoms with E-state index < -0.39 is 11.7 Å². The van der Waals surface area contributed by atoms with Crippen LogP contribution in [0, 0.1) is 0 Å². The quantitative estimate of drug-likeness (QED) is 0.361. The van der Waals surface area contributed by atoms with E-state index in [1.54, 1.807) is 13.1 Å². The standard InChI is InChI=1S/C17H27F3N4.HI/c1-5-24(6-2)13(3)11-22-16(21-4)23-12-14-8-7-9-15(10-14)17(18,19)20;/h7-10,13H,5-6,11-12H2,1-4H3,(H2,21,22,23);1H. The summed E-state index contributed by atoms with van der Waals surface area (Å²) >= 11 is 0. The summed E-state index contributed by atoms with van der Waals surface area (Å²) in [6.07, 6.45) is -4.32. The molecule has 0 aliphatic heterocycles. The highest BCUT2D eigenvalue weighted by molar-refractivity contribution is 14.0. The van der Waals surface area contributed by atoms with Gasteiger partial charge in [-0.1, -0.05) is 26.0 Å². The van der Waals surface area contributed by atoms with Crippen molar-refractivity contribution >= 4 is 29.9 Å². The summed E-state index contributed by atoms with van der Waals surface area (Å²) in [7, 11) is 1.64. The van der Waals surface area contributed by atoms with Crippen molar-refractivity contribution in [2.75, 3.05) is 26.7 Å². The van der Waals surface area contributed by atoms with Gasteiger partial charge in [0.2, 0.25) is 0 Å². The minimum Gasteiger partial charge on any atom is -0.355 e. The SMILES string of the molecule is CCN(CC)C(C)CNC(=NC)NCc1cccc(C(F)(F)F)c1.I. The molecular formula is C17H28F3IN4. The van der Waals surface area contributed by atoms with Crippen molar-refractivity contribution < 1.29 is 13.2 Å².